The molecule has 0 aliphatic heterocycles. The number of benzene rings is 2. The van der Waals surface area contributed by atoms with Crippen molar-refractivity contribution >= 4 is 23.2 Å². The second-order valence-corrected chi connectivity index (χ2v) is 4.95. The van der Waals surface area contributed by atoms with Crippen molar-refractivity contribution in [3.05, 3.63) is 58.7 Å². The molecule has 0 heterocycles. The summed E-state index contributed by atoms with van der Waals surface area (Å²) in [7, 11) is 0. The summed E-state index contributed by atoms with van der Waals surface area (Å²) < 4.78 is 5.43. The van der Waals surface area contributed by atoms with E-state index in [1.807, 2.05) is 0 Å². The minimum absolute atomic E-state index is 0.00854. The van der Waals surface area contributed by atoms with Gasteiger partial charge in [-0.05, 0) is 12.1 Å². The van der Waals surface area contributed by atoms with Crippen LogP contribution in [0.5, 0.6) is 11.5 Å². The van der Waals surface area contributed by atoms with Crippen LogP contribution in [0.15, 0.2) is 36.4 Å². The quantitative estimate of drug-likeness (QED) is 0.756. The predicted molar refractivity (Wildman–Crippen MR) is 77.6 cm³/mol. The lowest BCUT2D eigenvalue weighted by Crippen LogP contribution is -2.22. The Bertz CT molecular complexity index is 752. The third kappa shape index (κ3) is 2.08. The lowest BCUT2D eigenvalue weighted by molar-refractivity contribution is 0.0973. The largest absolute Gasteiger partial charge is 0.507 e. The molecule has 2 aromatic rings. The normalized spacial score (nSPS) is 12.8. The minimum atomic E-state index is -0.381. The molecular formula is C16H11ClO4. The van der Waals surface area contributed by atoms with E-state index in [4.69, 9.17) is 16.3 Å². The Labute approximate surface area is 125 Å². The van der Waals surface area contributed by atoms with Crippen LogP contribution in [-0.2, 0) is 0 Å². The molecule has 0 radical (unpaired) electrons. The smallest absolute Gasteiger partial charge is 0.198 e. The van der Waals surface area contributed by atoms with Gasteiger partial charge in [0, 0.05) is 11.1 Å². The van der Waals surface area contributed by atoms with Gasteiger partial charge in [-0.15, -0.1) is 11.6 Å². The molecular weight excluding hydrogens is 292 g/mol. The fraction of sp³-hybridized carbons (Fsp3) is 0.125. The molecule has 0 spiro atoms. The highest BCUT2D eigenvalue weighted by Gasteiger charge is 2.34. The van der Waals surface area contributed by atoms with Gasteiger partial charge in [0.15, 0.2) is 11.6 Å². The van der Waals surface area contributed by atoms with Crippen molar-refractivity contribution in [3.63, 3.8) is 0 Å². The molecule has 0 saturated carbocycles. The van der Waals surface area contributed by atoms with Crippen LogP contribution in [0.3, 0.4) is 0 Å². The maximum absolute atomic E-state index is 12.6. The Morgan fingerprint density at radius 3 is 2.19 bits per heavy atom. The highest BCUT2D eigenvalue weighted by Crippen LogP contribution is 2.37. The van der Waals surface area contributed by atoms with Gasteiger partial charge in [0.05, 0.1) is 17.0 Å². The summed E-state index contributed by atoms with van der Waals surface area (Å²) in [5, 5.41) is 9.97. The lowest BCUT2D eigenvalue weighted by Gasteiger charge is -2.20. The van der Waals surface area contributed by atoms with E-state index in [2.05, 4.69) is 0 Å². The Kier molecular flexibility index (Phi) is 3.39. The van der Waals surface area contributed by atoms with E-state index in [1.54, 1.807) is 24.3 Å². The van der Waals surface area contributed by atoms with Crippen molar-refractivity contribution in [3.8, 4) is 11.5 Å². The van der Waals surface area contributed by atoms with Crippen molar-refractivity contribution in [2.24, 2.45) is 0 Å². The average Bonchev–Trinajstić information content (AvgIpc) is 2.51. The predicted octanol–water partition coefficient (Wildman–Crippen LogP) is 2.79. The molecule has 0 saturated heterocycles. The van der Waals surface area contributed by atoms with Crippen LogP contribution in [0.25, 0.3) is 0 Å². The third-order valence-corrected chi connectivity index (χ3v) is 3.50. The van der Waals surface area contributed by atoms with E-state index in [9.17, 15) is 14.7 Å². The number of ketones is 2. The topological polar surface area (TPSA) is 63.6 Å². The summed E-state index contributed by atoms with van der Waals surface area (Å²) in [6.07, 6.45) is 0. The van der Waals surface area contributed by atoms with Gasteiger partial charge in [-0.25, -0.2) is 0 Å². The number of phenolic OH excluding ortho intramolecular Hbond substituents is 1. The standard InChI is InChI=1S/C16H11ClO4/c17-7-8-21-12-6-5-11(18)13-14(12)16(20)10-4-2-1-3-9(10)15(13)19/h1-6,18H,7-8H2. The van der Waals surface area contributed by atoms with Crippen molar-refractivity contribution in [2.75, 3.05) is 12.5 Å². The van der Waals surface area contributed by atoms with Crippen LogP contribution in [0.1, 0.15) is 31.8 Å². The first-order chi connectivity index (χ1) is 10.1. The summed E-state index contributed by atoms with van der Waals surface area (Å²) in [5.41, 5.74) is 0.700. The van der Waals surface area contributed by atoms with E-state index >= 15 is 0 Å². The second kappa shape index (κ2) is 5.22. The zero-order valence-electron chi connectivity index (χ0n) is 10.9. The number of rotatable bonds is 3. The van der Waals surface area contributed by atoms with Gasteiger partial charge in [0.2, 0.25) is 0 Å². The minimum Gasteiger partial charge on any atom is -0.507 e. The summed E-state index contributed by atoms with van der Waals surface area (Å²) in [4.78, 5) is 25.1. The maximum Gasteiger partial charge on any atom is 0.198 e. The van der Waals surface area contributed by atoms with Gasteiger partial charge in [-0.3, -0.25) is 9.59 Å². The Hall–Kier alpha value is -2.33. The van der Waals surface area contributed by atoms with E-state index < -0.39 is 0 Å². The van der Waals surface area contributed by atoms with Crippen LogP contribution in [0, 0.1) is 0 Å². The molecule has 5 heteroatoms. The van der Waals surface area contributed by atoms with Gasteiger partial charge < -0.3 is 9.84 Å². The molecule has 1 aliphatic rings. The molecule has 0 atom stereocenters. The van der Waals surface area contributed by atoms with Crippen LogP contribution in [0.4, 0.5) is 0 Å². The van der Waals surface area contributed by atoms with E-state index in [0.717, 1.165) is 0 Å². The molecule has 2 aromatic carbocycles. The molecule has 4 nitrogen and oxygen atoms in total. The first kappa shape index (κ1) is 13.6. The van der Waals surface area contributed by atoms with Gasteiger partial charge in [-0.1, -0.05) is 24.3 Å². The number of aromatic hydroxyl groups is 1. The molecule has 0 amide bonds. The maximum atomic E-state index is 12.6. The number of hydrogen-bond donors (Lipinski definition) is 1. The lowest BCUT2D eigenvalue weighted by atomic mass is 9.83. The van der Waals surface area contributed by atoms with Gasteiger partial charge in [0.25, 0.3) is 0 Å². The number of fused-ring (bicyclic) bond motifs is 2. The zero-order chi connectivity index (χ0) is 15.0. The molecule has 21 heavy (non-hydrogen) atoms. The first-order valence-corrected chi connectivity index (χ1v) is 6.91. The summed E-state index contributed by atoms with van der Waals surface area (Å²) >= 11 is 5.59. The molecule has 0 fully saturated rings. The van der Waals surface area contributed by atoms with Crippen LogP contribution in [-0.4, -0.2) is 29.2 Å². The van der Waals surface area contributed by atoms with Crippen molar-refractivity contribution < 1.29 is 19.4 Å². The number of carbonyl (C=O) groups excluding carboxylic acids is 2. The van der Waals surface area contributed by atoms with Gasteiger partial charge >= 0.3 is 0 Å². The molecule has 0 unspecified atom stereocenters. The van der Waals surface area contributed by atoms with Crippen molar-refractivity contribution in [1.82, 2.24) is 0 Å². The monoisotopic (exact) mass is 302 g/mol. The van der Waals surface area contributed by atoms with Gasteiger partial charge in [-0.2, -0.15) is 0 Å². The zero-order valence-corrected chi connectivity index (χ0v) is 11.7. The van der Waals surface area contributed by atoms with Crippen molar-refractivity contribution in [2.45, 2.75) is 0 Å². The van der Waals surface area contributed by atoms with Gasteiger partial charge in [0.1, 0.15) is 18.1 Å². The Morgan fingerprint density at radius 2 is 1.57 bits per heavy atom. The molecule has 0 aromatic heterocycles. The number of halogens is 1. The SMILES string of the molecule is O=C1c2ccccc2C(=O)c2c(OCCCl)ccc(O)c21. The third-order valence-electron chi connectivity index (χ3n) is 3.35. The number of carbonyl (C=O) groups is 2. The highest BCUT2D eigenvalue weighted by atomic mass is 35.5. The summed E-state index contributed by atoms with van der Waals surface area (Å²) in [6.45, 7) is 0.210. The van der Waals surface area contributed by atoms with Crippen LogP contribution >= 0.6 is 11.6 Å². The highest BCUT2D eigenvalue weighted by molar-refractivity contribution is 6.30. The second-order valence-electron chi connectivity index (χ2n) is 4.57. The summed E-state index contributed by atoms with van der Waals surface area (Å²) in [6, 6.07) is 9.36. The van der Waals surface area contributed by atoms with Crippen LogP contribution in [0.2, 0.25) is 0 Å². The first-order valence-electron chi connectivity index (χ1n) is 6.38. The number of phenols is 1. The number of hydrogen-bond acceptors (Lipinski definition) is 4. The molecule has 106 valence electrons. The van der Waals surface area contributed by atoms with Crippen molar-refractivity contribution in [1.29, 1.82) is 0 Å². The fourth-order valence-corrected chi connectivity index (χ4v) is 2.52. The molecule has 1 N–H and O–H groups in total. The van der Waals surface area contributed by atoms with E-state index in [-0.39, 0.29) is 46.7 Å². The van der Waals surface area contributed by atoms with E-state index in [1.165, 1.54) is 12.1 Å². The average molecular weight is 303 g/mol. The Morgan fingerprint density at radius 1 is 0.952 bits per heavy atom. The number of alkyl halides is 1. The van der Waals surface area contributed by atoms with E-state index in [0.29, 0.717) is 11.1 Å². The van der Waals surface area contributed by atoms with Crippen LogP contribution < -0.4 is 4.74 Å². The summed E-state index contributed by atoms with van der Waals surface area (Å²) in [5.74, 6) is -0.420. The fourth-order valence-electron chi connectivity index (χ4n) is 2.45. The molecule has 1 aliphatic carbocycles. The molecule has 3 rings (SSSR count). The molecule has 0 bridgehead atoms. The Balaban J connectivity index is 2.24. The number of ether oxygens (including phenoxy) is 1.